The van der Waals surface area contributed by atoms with Crippen molar-refractivity contribution in [1.29, 1.82) is 0 Å². The summed E-state index contributed by atoms with van der Waals surface area (Å²) in [6, 6.07) is 0. The number of thiocarbonyl (C=S) groups is 1. The molecule has 0 rings (SSSR count). The summed E-state index contributed by atoms with van der Waals surface area (Å²) in [6.07, 6.45) is 0. The van der Waals surface area contributed by atoms with Crippen molar-refractivity contribution in [3.8, 4) is 0 Å². The maximum atomic E-state index is 4.76. The zero-order valence-corrected chi connectivity index (χ0v) is 9.81. The van der Waals surface area contributed by atoms with Crippen LogP contribution >= 0.6 is 12.2 Å². The van der Waals surface area contributed by atoms with E-state index >= 15 is 0 Å². The molecule has 1 nitrogen and oxygen atoms in total. The van der Waals surface area contributed by atoms with Gasteiger partial charge in [-0.15, -0.1) is 0 Å². The molecule has 0 aliphatic carbocycles. The monoisotopic (exact) mass is 177 g/mol. The van der Waals surface area contributed by atoms with Gasteiger partial charge in [-0.25, -0.2) is 0 Å². The fourth-order valence-corrected chi connectivity index (χ4v) is 0.998. The van der Waals surface area contributed by atoms with Gasteiger partial charge in [0.25, 0.3) is 0 Å². The molecule has 0 unspecified atom stereocenters. The van der Waals surface area contributed by atoms with Crippen LogP contribution in [-0.2, 0) is 12.6 Å². The maximum absolute atomic E-state index is 4.76. The van der Waals surface area contributed by atoms with E-state index in [1.54, 1.807) is 0 Å². The topological polar surface area (TPSA) is 3.24 Å². The van der Waals surface area contributed by atoms with E-state index in [9.17, 15) is 0 Å². The number of rotatable bonds is 2. The van der Waals surface area contributed by atoms with Crippen molar-refractivity contribution in [1.82, 2.24) is 4.90 Å². The van der Waals surface area contributed by atoms with Crippen molar-refractivity contribution in [3.63, 3.8) is 0 Å². The summed E-state index contributed by atoms with van der Waals surface area (Å²) in [5.74, 6) is 0. The Morgan fingerprint density at radius 1 is 1.56 bits per heavy atom. The van der Waals surface area contributed by atoms with E-state index in [2.05, 4.69) is 0 Å². The quantitative estimate of drug-likeness (QED) is 0.299. The van der Waals surface area contributed by atoms with Gasteiger partial charge < -0.3 is 29.7 Å². The van der Waals surface area contributed by atoms with Crippen LogP contribution in [0.4, 0.5) is 0 Å². The van der Waals surface area contributed by atoms with Crippen LogP contribution in [0.3, 0.4) is 0 Å². The molecule has 0 bridgehead atoms. The third-order valence-corrected chi connectivity index (χ3v) is 1.54. The van der Waals surface area contributed by atoms with Crippen LogP contribution in [0.15, 0.2) is 0 Å². The van der Waals surface area contributed by atoms with Crippen LogP contribution in [-0.4, -0.2) is 22.3 Å². The number of nitrogens with zero attached hydrogens (tertiary/aromatic N) is 1. The van der Waals surface area contributed by atoms with Crippen molar-refractivity contribution < 1.29 is 33.8 Å². The first-order valence-electron chi connectivity index (χ1n) is 2.68. The molecule has 0 saturated carbocycles. The van der Waals surface area contributed by atoms with E-state index in [4.69, 9.17) is 24.8 Å². The van der Waals surface area contributed by atoms with Gasteiger partial charge in [0.15, 0.2) is 0 Å². The second kappa shape index (κ2) is 7.22. The minimum atomic E-state index is 0. The third kappa shape index (κ3) is 5.55. The number of hydrogen-bond acceptors (Lipinski definition) is 2. The summed E-state index contributed by atoms with van der Waals surface area (Å²) in [4.78, 5) is 1.96. The summed E-state index contributed by atoms with van der Waals surface area (Å²) in [7, 11) is 0. The molecule has 0 aromatic rings. The van der Waals surface area contributed by atoms with Gasteiger partial charge in [0.2, 0.25) is 0 Å². The normalized spacial score (nSPS) is 7.78. The van der Waals surface area contributed by atoms with Gasteiger partial charge in [-0.2, -0.15) is 0 Å². The summed E-state index contributed by atoms with van der Waals surface area (Å²) in [5.41, 5.74) is 0. The van der Waals surface area contributed by atoms with E-state index in [1.807, 2.05) is 18.7 Å². The summed E-state index contributed by atoms with van der Waals surface area (Å²) >= 11 is 9.51. The Hall–Kier alpha value is 1.11. The van der Waals surface area contributed by atoms with Crippen LogP contribution in [0.1, 0.15) is 18.1 Å². The Morgan fingerprint density at radius 2 is 1.89 bits per heavy atom. The Kier molecular flexibility index (Phi) is 10.2. The minimum absolute atomic E-state index is 0. The van der Waals surface area contributed by atoms with Crippen molar-refractivity contribution in [3.05, 3.63) is 0 Å². The van der Waals surface area contributed by atoms with E-state index < -0.39 is 0 Å². The molecule has 0 saturated heterocycles. The van der Waals surface area contributed by atoms with Gasteiger partial charge in [-0.1, -0.05) is 4.32 Å². The Bertz CT molecular complexity index is 92.8. The van der Waals surface area contributed by atoms with Crippen molar-refractivity contribution >= 4 is 29.2 Å². The molecule has 0 atom stereocenters. The molecule has 9 heavy (non-hydrogen) atoms. The van der Waals surface area contributed by atoms with Crippen molar-refractivity contribution in [2.45, 2.75) is 13.8 Å². The predicted octanol–water partition coefficient (Wildman–Crippen LogP) is -1.10. The fourth-order valence-electron chi connectivity index (χ4n) is 0.482. The SMILES string of the molecule is CCN(CC)C(=S)[S-].[HH].[HH].[HH].[Na+]. The van der Waals surface area contributed by atoms with Crippen LogP contribution in [0.2, 0.25) is 0 Å². The molecule has 0 radical (unpaired) electrons. The first kappa shape index (κ1) is 12.8. The van der Waals surface area contributed by atoms with Gasteiger partial charge in [0.1, 0.15) is 0 Å². The van der Waals surface area contributed by atoms with Crippen LogP contribution in [0.5, 0.6) is 0 Å². The fraction of sp³-hybridized carbons (Fsp3) is 0.800. The summed E-state index contributed by atoms with van der Waals surface area (Å²) in [5, 5.41) is 0. The second-order valence-corrected chi connectivity index (χ2v) is 2.47. The number of hydrogen-bond donors (Lipinski definition) is 0. The van der Waals surface area contributed by atoms with Crippen molar-refractivity contribution in [2.75, 3.05) is 13.1 Å². The van der Waals surface area contributed by atoms with Crippen LogP contribution in [0, 0.1) is 0 Å². The maximum Gasteiger partial charge on any atom is 1.00 e. The Morgan fingerprint density at radius 3 is 1.89 bits per heavy atom. The molecule has 0 heterocycles. The van der Waals surface area contributed by atoms with Gasteiger partial charge >= 0.3 is 29.6 Å². The van der Waals surface area contributed by atoms with E-state index in [1.165, 1.54) is 0 Å². The average molecular weight is 177 g/mol. The molecule has 0 spiro atoms. The zero-order valence-electron chi connectivity index (χ0n) is 6.18. The summed E-state index contributed by atoms with van der Waals surface area (Å²) < 4.78 is 0.579. The van der Waals surface area contributed by atoms with Crippen LogP contribution in [0.25, 0.3) is 0 Å². The van der Waals surface area contributed by atoms with E-state index in [-0.39, 0.29) is 33.8 Å². The van der Waals surface area contributed by atoms with Gasteiger partial charge in [-0.05, 0) is 13.8 Å². The van der Waals surface area contributed by atoms with Gasteiger partial charge in [-0.3, -0.25) is 0 Å². The molecule has 0 aliphatic heterocycles. The molecule has 0 aromatic heterocycles. The van der Waals surface area contributed by atoms with Crippen molar-refractivity contribution in [2.24, 2.45) is 0 Å². The molecule has 0 aromatic carbocycles. The van der Waals surface area contributed by atoms with E-state index in [0.29, 0.717) is 4.32 Å². The summed E-state index contributed by atoms with van der Waals surface area (Å²) in [6.45, 7) is 5.95. The third-order valence-electron chi connectivity index (χ3n) is 1.02. The minimum Gasteiger partial charge on any atom is -0.411 e. The Labute approximate surface area is 94.3 Å². The molecule has 0 fully saturated rings. The molecule has 0 aliphatic rings. The first-order valence-corrected chi connectivity index (χ1v) is 3.50. The predicted molar refractivity (Wildman–Crippen MR) is 49.2 cm³/mol. The smallest absolute Gasteiger partial charge is 0.411 e. The second-order valence-electron chi connectivity index (χ2n) is 1.44. The average Bonchev–Trinajstić information content (AvgIpc) is 1.69. The van der Waals surface area contributed by atoms with Gasteiger partial charge in [0.05, 0.1) is 0 Å². The standard InChI is InChI=1S/C5H11NS2.Na.3H2/c1-3-6(4-2)5(7)8;;;;/h3-4H2,1-2H3,(H,7,8);;3*1H/q;+1;;;/p-1. The Balaban J connectivity index is -0.0000000408. The molecular weight excluding hydrogens is 161 g/mol. The van der Waals surface area contributed by atoms with Gasteiger partial charge in [0, 0.05) is 17.4 Å². The molecule has 4 heteroatoms. The molecule has 0 amide bonds. The zero-order chi connectivity index (χ0) is 6.57. The molecule has 0 N–H and O–H groups in total. The van der Waals surface area contributed by atoms with E-state index in [0.717, 1.165) is 13.1 Å². The molecular formula is C5H16NNaS2. The largest absolute Gasteiger partial charge is 1.00 e. The van der Waals surface area contributed by atoms with Crippen LogP contribution < -0.4 is 29.6 Å². The molecule has 54 valence electrons. The first-order chi connectivity index (χ1) is 3.72.